The molecule has 1 saturated heterocycles. The summed E-state index contributed by atoms with van der Waals surface area (Å²) in [6, 6.07) is 7.09. The predicted molar refractivity (Wildman–Crippen MR) is 101 cm³/mol. The number of oxazole rings is 1. The summed E-state index contributed by atoms with van der Waals surface area (Å²) in [6.45, 7) is 1.98. The van der Waals surface area contributed by atoms with E-state index in [4.69, 9.17) is 9.15 Å². The van der Waals surface area contributed by atoms with Crippen LogP contribution >= 0.6 is 11.3 Å². The molecule has 0 spiro atoms. The van der Waals surface area contributed by atoms with Crippen molar-refractivity contribution < 1.29 is 17.6 Å². The molecule has 0 aromatic carbocycles. The van der Waals surface area contributed by atoms with Gasteiger partial charge >= 0.3 is 0 Å². The van der Waals surface area contributed by atoms with Crippen molar-refractivity contribution >= 4 is 27.2 Å². The zero-order chi connectivity index (χ0) is 18.7. The van der Waals surface area contributed by atoms with E-state index >= 15 is 0 Å². The van der Waals surface area contributed by atoms with Crippen LogP contribution in [-0.4, -0.2) is 49.0 Å². The molecule has 0 amide bonds. The summed E-state index contributed by atoms with van der Waals surface area (Å²) in [5.41, 5.74) is 0.741. The lowest BCUT2D eigenvalue weighted by atomic mass is 10.4. The number of anilines is 1. The molecule has 4 rings (SSSR count). The molecule has 0 bridgehead atoms. The molecule has 4 heterocycles. The molecule has 1 N–H and O–H groups in total. The molecule has 0 atom stereocenters. The summed E-state index contributed by atoms with van der Waals surface area (Å²) >= 11 is 1.56. The first-order valence-corrected chi connectivity index (χ1v) is 10.7. The van der Waals surface area contributed by atoms with Crippen LogP contribution in [0.25, 0.3) is 10.8 Å². The molecule has 0 unspecified atom stereocenters. The lowest BCUT2D eigenvalue weighted by Crippen LogP contribution is -2.40. The molecule has 0 radical (unpaired) electrons. The molecule has 27 heavy (non-hydrogen) atoms. The molecule has 8 nitrogen and oxygen atoms in total. The average molecular weight is 406 g/mol. The van der Waals surface area contributed by atoms with Crippen LogP contribution in [0.3, 0.4) is 0 Å². The molecular weight excluding hydrogens is 388 g/mol. The Hall–Kier alpha value is -2.27. The predicted octanol–water partition coefficient (Wildman–Crippen LogP) is 2.43. The van der Waals surface area contributed by atoms with Crippen LogP contribution in [0.1, 0.15) is 5.69 Å². The number of hydrogen-bond donors (Lipinski definition) is 1. The van der Waals surface area contributed by atoms with Gasteiger partial charge in [-0.3, -0.25) is 0 Å². The van der Waals surface area contributed by atoms with Gasteiger partial charge in [-0.1, -0.05) is 6.07 Å². The molecule has 0 saturated carbocycles. The second-order valence-electron chi connectivity index (χ2n) is 5.87. The Kier molecular flexibility index (Phi) is 5.21. The van der Waals surface area contributed by atoms with Gasteiger partial charge in [0.25, 0.3) is 0 Å². The lowest BCUT2D eigenvalue weighted by Gasteiger charge is -2.25. The monoisotopic (exact) mass is 406 g/mol. The lowest BCUT2D eigenvalue weighted by molar-refractivity contribution is 0.0730. The summed E-state index contributed by atoms with van der Waals surface area (Å²) < 4.78 is 37.3. The van der Waals surface area contributed by atoms with Crippen LogP contribution in [-0.2, 0) is 21.3 Å². The summed E-state index contributed by atoms with van der Waals surface area (Å²) in [6.07, 6.45) is 2.96. The highest BCUT2D eigenvalue weighted by molar-refractivity contribution is 7.89. The van der Waals surface area contributed by atoms with E-state index < -0.39 is 10.0 Å². The molecule has 1 aliphatic heterocycles. The molecule has 1 aliphatic rings. The van der Waals surface area contributed by atoms with E-state index in [0.29, 0.717) is 44.6 Å². The molecule has 10 heteroatoms. The van der Waals surface area contributed by atoms with Gasteiger partial charge < -0.3 is 14.5 Å². The van der Waals surface area contributed by atoms with E-state index in [1.807, 2.05) is 17.5 Å². The van der Waals surface area contributed by atoms with Gasteiger partial charge in [0.2, 0.25) is 15.9 Å². The third-order valence-corrected chi connectivity index (χ3v) is 6.82. The highest BCUT2D eigenvalue weighted by Crippen LogP contribution is 2.24. The van der Waals surface area contributed by atoms with Crippen molar-refractivity contribution in [2.45, 2.75) is 11.4 Å². The number of morpholine rings is 1. The quantitative estimate of drug-likeness (QED) is 0.671. The number of aromatic nitrogens is 2. The van der Waals surface area contributed by atoms with Crippen LogP contribution in [0.4, 0.5) is 5.82 Å². The fraction of sp³-hybridized carbons (Fsp3) is 0.294. The zero-order valence-corrected chi connectivity index (χ0v) is 16.0. The third kappa shape index (κ3) is 4.03. The van der Waals surface area contributed by atoms with Crippen molar-refractivity contribution in [3.8, 4) is 10.8 Å². The zero-order valence-electron chi connectivity index (χ0n) is 14.4. The van der Waals surface area contributed by atoms with E-state index in [2.05, 4.69) is 15.3 Å². The maximum atomic E-state index is 12.6. The Labute approximate surface area is 160 Å². The van der Waals surface area contributed by atoms with Gasteiger partial charge in [-0.05, 0) is 23.6 Å². The Balaban J connectivity index is 1.39. The SMILES string of the molecule is O=S(=O)(c1ccc(NCc2coc(-c3cccs3)n2)nc1)N1CCOCC1. The maximum Gasteiger partial charge on any atom is 0.244 e. The summed E-state index contributed by atoms with van der Waals surface area (Å²) in [5.74, 6) is 1.15. The Morgan fingerprint density at radius 3 is 2.78 bits per heavy atom. The standard InChI is InChI=1S/C17H18N4O4S2/c22-27(23,21-5-7-24-8-6-21)14-3-4-16(19-11-14)18-10-13-12-25-17(20-13)15-2-1-9-26-15/h1-4,9,11-12H,5-8,10H2,(H,18,19). The summed E-state index contributed by atoms with van der Waals surface area (Å²) in [7, 11) is -3.53. The van der Waals surface area contributed by atoms with Crippen LogP contribution in [0.5, 0.6) is 0 Å². The van der Waals surface area contributed by atoms with Gasteiger partial charge in [0.05, 0.1) is 30.3 Å². The molecule has 0 aliphatic carbocycles. The molecular formula is C17H18N4O4S2. The number of rotatable bonds is 6. The van der Waals surface area contributed by atoms with E-state index in [1.54, 1.807) is 29.7 Å². The highest BCUT2D eigenvalue weighted by Gasteiger charge is 2.26. The Bertz CT molecular complexity index is 978. The number of nitrogens with zero attached hydrogens (tertiary/aromatic N) is 3. The fourth-order valence-electron chi connectivity index (χ4n) is 2.66. The first-order chi connectivity index (χ1) is 13.1. The minimum absolute atomic E-state index is 0.177. The number of ether oxygens (including phenoxy) is 1. The van der Waals surface area contributed by atoms with E-state index in [9.17, 15) is 8.42 Å². The largest absolute Gasteiger partial charge is 0.443 e. The van der Waals surface area contributed by atoms with Crippen molar-refractivity contribution in [3.63, 3.8) is 0 Å². The molecule has 3 aromatic rings. The first-order valence-electron chi connectivity index (χ1n) is 8.39. The Morgan fingerprint density at radius 1 is 1.22 bits per heavy atom. The fourth-order valence-corrected chi connectivity index (χ4v) is 4.67. The highest BCUT2D eigenvalue weighted by atomic mass is 32.2. The number of pyridine rings is 1. The average Bonchev–Trinajstić information content (AvgIpc) is 3.39. The van der Waals surface area contributed by atoms with Gasteiger partial charge in [-0.15, -0.1) is 11.3 Å². The minimum atomic E-state index is -3.53. The number of sulfonamides is 1. The van der Waals surface area contributed by atoms with Crippen molar-refractivity contribution in [1.29, 1.82) is 0 Å². The smallest absolute Gasteiger partial charge is 0.244 e. The summed E-state index contributed by atoms with van der Waals surface area (Å²) in [4.78, 5) is 9.78. The van der Waals surface area contributed by atoms with Crippen LogP contribution < -0.4 is 5.32 Å². The van der Waals surface area contributed by atoms with Crippen molar-refractivity contribution in [3.05, 3.63) is 47.8 Å². The van der Waals surface area contributed by atoms with Gasteiger partial charge in [-0.25, -0.2) is 18.4 Å². The second-order valence-corrected chi connectivity index (χ2v) is 8.76. The van der Waals surface area contributed by atoms with Crippen molar-refractivity contribution in [2.24, 2.45) is 0 Å². The van der Waals surface area contributed by atoms with E-state index in [-0.39, 0.29) is 4.90 Å². The van der Waals surface area contributed by atoms with Crippen molar-refractivity contribution in [1.82, 2.24) is 14.3 Å². The number of hydrogen-bond acceptors (Lipinski definition) is 8. The molecule has 1 fully saturated rings. The van der Waals surface area contributed by atoms with Crippen molar-refractivity contribution in [2.75, 3.05) is 31.6 Å². The molecule has 3 aromatic heterocycles. The normalized spacial score (nSPS) is 15.7. The van der Waals surface area contributed by atoms with E-state index in [0.717, 1.165) is 10.6 Å². The van der Waals surface area contributed by atoms with Gasteiger partial charge in [0.15, 0.2) is 0 Å². The van der Waals surface area contributed by atoms with Crippen LogP contribution in [0, 0.1) is 0 Å². The first kappa shape index (κ1) is 18.1. The van der Waals surface area contributed by atoms with Gasteiger partial charge in [0, 0.05) is 19.3 Å². The number of nitrogens with one attached hydrogen (secondary N) is 1. The number of thiophene rings is 1. The molecule has 142 valence electrons. The topological polar surface area (TPSA) is 97.6 Å². The minimum Gasteiger partial charge on any atom is -0.443 e. The van der Waals surface area contributed by atoms with Crippen LogP contribution in [0.2, 0.25) is 0 Å². The second kappa shape index (κ2) is 7.77. The van der Waals surface area contributed by atoms with Crippen LogP contribution in [0.15, 0.2) is 51.4 Å². The maximum absolute atomic E-state index is 12.6. The third-order valence-electron chi connectivity index (χ3n) is 4.08. The Morgan fingerprint density at radius 2 is 2.07 bits per heavy atom. The van der Waals surface area contributed by atoms with E-state index in [1.165, 1.54) is 10.5 Å². The van der Waals surface area contributed by atoms with Gasteiger partial charge in [-0.2, -0.15) is 4.31 Å². The van der Waals surface area contributed by atoms with Gasteiger partial charge in [0.1, 0.15) is 17.0 Å². The summed E-state index contributed by atoms with van der Waals surface area (Å²) in [5, 5.41) is 5.09.